The third-order valence-electron chi connectivity index (χ3n) is 3.55. The van der Waals surface area contributed by atoms with Gasteiger partial charge in [0.15, 0.2) is 0 Å². The lowest BCUT2D eigenvalue weighted by Gasteiger charge is -2.12. The van der Waals surface area contributed by atoms with E-state index in [4.69, 9.17) is 5.73 Å². The van der Waals surface area contributed by atoms with E-state index in [1.807, 2.05) is 0 Å². The molecule has 0 bridgehead atoms. The highest BCUT2D eigenvalue weighted by Crippen LogP contribution is 2.23. The molecule has 23 heavy (non-hydrogen) atoms. The van der Waals surface area contributed by atoms with E-state index in [9.17, 15) is 19.2 Å². The fraction of sp³-hybridized carbons (Fsp3) is 0.0667. The Morgan fingerprint density at radius 3 is 2.61 bits per heavy atom. The van der Waals surface area contributed by atoms with Crippen molar-refractivity contribution < 1.29 is 14.4 Å². The van der Waals surface area contributed by atoms with E-state index < -0.39 is 17.4 Å². The first kappa shape index (κ1) is 14.5. The molecular formula is C15H12N4O4. The molecule has 0 spiro atoms. The predicted molar refractivity (Wildman–Crippen MR) is 81.6 cm³/mol. The number of imide groups is 1. The second-order valence-corrected chi connectivity index (χ2v) is 4.90. The number of amides is 3. The summed E-state index contributed by atoms with van der Waals surface area (Å²) >= 11 is 0. The van der Waals surface area contributed by atoms with Gasteiger partial charge in [-0.25, -0.2) is 0 Å². The van der Waals surface area contributed by atoms with Crippen LogP contribution in [0, 0.1) is 0 Å². The Morgan fingerprint density at radius 2 is 1.91 bits per heavy atom. The number of nitrogen functional groups attached to an aromatic ring is 1. The molecule has 0 fully saturated rings. The number of aromatic nitrogens is 1. The molecule has 116 valence electrons. The van der Waals surface area contributed by atoms with Crippen molar-refractivity contribution in [3.63, 3.8) is 0 Å². The number of hydrogen-bond acceptors (Lipinski definition) is 5. The van der Waals surface area contributed by atoms with Crippen LogP contribution in [-0.4, -0.2) is 29.3 Å². The number of carbonyl (C=O) groups excluding carboxylic acids is 3. The van der Waals surface area contributed by atoms with Crippen LogP contribution in [-0.2, 0) is 0 Å². The number of hydrogen-bond donors (Lipinski definition) is 3. The molecule has 2 heterocycles. The lowest BCUT2D eigenvalue weighted by atomic mass is 10.1. The zero-order chi connectivity index (χ0) is 16.7. The molecule has 8 heteroatoms. The summed E-state index contributed by atoms with van der Waals surface area (Å²) in [5, 5.41) is 4.57. The van der Waals surface area contributed by atoms with Gasteiger partial charge in [-0.2, -0.15) is 0 Å². The van der Waals surface area contributed by atoms with E-state index in [-0.39, 0.29) is 22.9 Å². The first-order valence-corrected chi connectivity index (χ1v) is 6.67. The Morgan fingerprint density at radius 1 is 1.17 bits per heavy atom. The molecule has 0 unspecified atom stereocenters. The zero-order valence-corrected chi connectivity index (χ0v) is 12.0. The second-order valence-electron chi connectivity index (χ2n) is 4.90. The summed E-state index contributed by atoms with van der Waals surface area (Å²) in [5.41, 5.74) is 5.93. The van der Waals surface area contributed by atoms with Crippen molar-refractivity contribution in [3.8, 4) is 5.69 Å². The molecule has 4 N–H and O–H groups in total. The molecular weight excluding hydrogens is 300 g/mol. The minimum Gasteiger partial charge on any atom is -0.384 e. The largest absolute Gasteiger partial charge is 0.384 e. The molecule has 0 radical (unpaired) electrons. The summed E-state index contributed by atoms with van der Waals surface area (Å²) in [6, 6.07) is 7.26. The van der Waals surface area contributed by atoms with Crippen LogP contribution in [0.4, 0.5) is 5.82 Å². The molecule has 2 aromatic rings. The van der Waals surface area contributed by atoms with Gasteiger partial charge in [-0.15, -0.1) is 0 Å². The van der Waals surface area contributed by atoms with E-state index in [1.54, 1.807) is 18.2 Å². The molecule has 0 aliphatic carbocycles. The van der Waals surface area contributed by atoms with Gasteiger partial charge in [0.25, 0.3) is 23.3 Å². The van der Waals surface area contributed by atoms with Gasteiger partial charge in [0.05, 0.1) is 16.8 Å². The number of pyridine rings is 1. The monoisotopic (exact) mass is 312 g/mol. The van der Waals surface area contributed by atoms with E-state index in [2.05, 4.69) is 10.6 Å². The fourth-order valence-corrected chi connectivity index (χ4v) is 2.48. The van der Waals surface area contributed by atoms with Gasteiger partial charge in [-0.3, -0.25) is 29.1 Å². The predicted octanol–water partition coefficient (Wildman–Crippen LogP) is -0.337. The first-order chi connectivity index (χ1) is 10.9. The average molecular weight is 312 g/mol. The number of fused-ring (bicyclic) bond motifs is 1. The molecule has 3 rings (SSSR count). The van der Waals surface area contributed by atoms with Crippen molar-refractivity contribution in [2.75, 3.05) is 12.8 Å². The topological polar surface area (TPSA) is 123 Å². The van der Waals surface area contributed by atoms with Gasteiger partial charge in [0.1, 0.15) is 5.82 Å². The third kappa shape index (κ3) is 2.16. The van der Waals surface area contributed by atoms with E-state index in [0.29, 0.717) is 11.3 Å². The van der Waals surface area contributed by atoms with E-state index in [0.717, 1.165) is 10.6 Å². The molecule has 3 amide bonds. The second kappa shape index (κ2) is 5.09. The van der Waals surface area contributed by atoms with Crippen LogP contribution in [0.3, 0.4) is 0 Å². The molecule has 0 saturated heterocycles. The first-order valence-electron chi connectivity index (χ1n) is 6.67. The quantitative estimate of drug-likeness (QED) is 0.655. The van der Waals surface area contributed by atoms with Crippen LogP contribution >= 0.6 is 0 Å². The van der Waals surface area contributed by atoms with Crippen LogP contribution in [0.5, 0.6) is 0 Å². The lowest BCUT2D eigenvalue weighted by Crippen LogP contribution is -2.24. The summed E-state index contributed by atoms with van der Waals surface area (Å²) in [5.74, 6) is -1.78. The number of benzene rings is 1. The maximum Gasteiger partial charge on any atom is 0.262 e. The summed E-state index contributed by atoms with van der Waals surface area (Å²) in [4.78, 5) is 47.4. The molecule has 0 atom stereocenters. The average Bonchev–Trinajstić information content (AvgIpc) is 2.81. The van der Waals surface area contributed by atoms with Crippen LogP contribution in [0.25, 0.3) is 5.69 Å². The van der Waals surface area contributed by atoms with E-state index in [1.165, 1.54) is 13.1 Å². The minimum atomic E-state index is -0.654. The molecule has 1 aliphatic rings. The number of carbonyl (C=O) groups is 3. The highest BCUT2D eigenvalue weighted by Gasteiger charge is 2.31. The van der Waals surface area contributed by atoms with Crippen LogP contribution in [0.15, 0.2) is 35.1 Å². The Labute approximate surface area is 129 Å². The van der Waals surface area contributed by atoms with E-state index >= 15 is 0 Å². The molecule has 1 aromatic heterocycles. The van der Waals surface area contributed by atoms with Gasteiger partial charge in [-0.05, 0) is 18.2 Å². The van der Waals surface area contributed by atoms with Gasteiger partial charge in [0, 0.05) is 18.7 Å². The smallest absolute Gasteiger partial charge is 0.262 e. The minimum absolute atomic E-state index is 0.0417. The maximum absolute atomic E-state index is 12.3. The molecule has 8 nitrogen and oxygen atoms in total. The third-order valence-corrected chi connectivity index (χ3v) is 3.55. The number of nitrogens with two attached hydrogens (primary N) is 1. The summed E-state index contributed by atoms with van der Waals surface area (Å²) < 4.78 is 1.09. The normalized spacial score (nSPS) is 12.7. The zero-order valence-electron chi connectivity index (χ0n) is 12.0. The highest BCUT2D eigenvalue weighted by molar-refractivity contribution is 6.23. The van der Waals surface area contributed by atoms with Crippen molar-refractivity contribution in [2.45, 2.75) is 0 Å². The lowest BCUT2D eigenvalue weighted by molar-refractivity contribution is 0.0878. The Hall–Kier alpha value is -3.42. The van der Waals surface area contributed by atoms with Gasteiger partial charge >= 0.3 is 0 Å². The molecule has 1 aromatic carbocycles. The Balaban J connectivity index is 2.25. The Kier molecular flexibility index (Phi) is 3.21. The summed E-state index contributed by atoms with van der Waals surface area (Å²) in [6.07, 6.45) is 0. The van der Waals surface area contributed by atoms with Crippen LogP contribution in [0.2, 0.25) is 0 Å². The summed E-state index contributed by atoms with van der Waals surface area (Å²) in [6.45, 7) is 0. The van der Waals surface area contributed by atoms with Crippen LogP contribution in [0.1, 0.15) is 31.1 Å². The molecule has 0 saturated carbocycles. The van der Waals surface area contributed by atoms with Gasteiger partial charge < -0.3 is 11.1 Å². The van der Waals surface area contributed by atoms with Crippen molar-refractivity contribution >= 4 is 23.5 Å². The van der Waals surface area contributed by atoms with Crippen molar-refractivity contribution in [2.24, 2.45) is 0 Å². The van der Waals surface area contributed by atoms with Crippen LogP contribution < -0.4 is 21.9 Å². The Bertz CT molecular complexity index is 930. The van der Waals surface area contributed by atoms with Crippen molar-refractivity contribution in [1.82, 2.24) is 15.2 Å². The van der Waals surface area contributed by atoms with Gasteiger partial charge in [0.2, 0.25) is 0 Å². The standard InChI is InChI=1S/C15H12N4O4/c1-17-13(21)7-3-2-4-8(5-7)19-10(20)6-9-11(12(19)16)15(23)18-14(9)22/h2-6H,16H2,1H3,(H,17,21)(H,18,22,23). The van der Waals surface area contributed by atoms with Crippen molar-refractivity contribution in [3.05, 3.63) is 57.4 Å². The number of anilines is 1. The maximum atomic E-state index is 12.3. The fourth-order valence-electron chi connectivity index (χ4n) is 2.48. The number of rotatable bonds is 2. The number of nitrogens with one attached hydrogen (secondary N) is 2. The number of nitrogens with zero attached hydrogens (tertiary/aromatic N) is 1. The summed E-state index contributed by atoms with van der Waals surface area (Å²) in [7, 11) is 1.49. The van der Waals surface area contributed by atoms with Gasteiger partial charge in [-0.1, -0.05) is 6.07 Å². The highest BCUT2D eigenvalue weighted by atomic mass is 16.2. The molecule has 1 aliphatic heterocycles. The SMILES string of the molecule is CNC(=O)c1cccc(-n2c(N)c3c(cc2=O)C(=O)NC3=O)c1. The van der Waals surface area contributed by atoms with Crippen molar-refractivity contribution in [1.29, 1.82) is 0 Å².